The summed E-state index contributed by atoms with van der Waals surface area (Å²) in [6, 6.07) is 8.39. The highest BCUT2D eigenvalue weighted by molar-refractivity contribution is 5.80. The van der Waals surface area contributed by atoms with E-state index in [1.165, 1.54) is 18.3 Å². The van der Waals surface area contributed by atoms with E-state index < -0.39 is 24.0 Å². The second-order valence-corrected chi connectivity index (χ2v) is 8.25. The molecule has 180 valence electrons. The summed E-state index contributed by atoms with van der Waals surface area (Å²) in [5.41, 5.74) is 8.39. The maximum Gasteiger partial charge on any atom is 0.405 e. The molecule has 0 aliphatic carbocycles. The van der Waals surface area contributed by atoms with Crippen LogP contribution < -0.4 is 16.2 Å². The van der Waals surface area contributed by atoms with E-state index in [0.29, 0.717) is 12.1 Å². The number of aromatic nitrogens is 3. The van der Waals surface area contributed by atoms with Crippen molar-refractivity contribution >= 4 is 5.91 Å². The molecule has 1 amide bonds. The van der Waals surface area contributed by atoms with Gasteiger partial charge < -0.3 is 5.32 Å². The number of aryl methyl sites for hydroxylation is 1. The van der Waals surface area contributed by atoms with Crippen LogP contribution in [0.5, 0.6) is 0 Å². The maximum absolute atomic E-state index is 13.9. The van der Waals surface area contributed by atoms with E-state index in [0.717, 1.165) is 22.4 Å². The molecule has 1 fully saturated rings. The number of halogens is 4. The standard InChI is InChI=1S/C23H24F4N6O/c1-14-12-33(13-20-18(24)3-2-8-28-20)32-19(14)9-15-4-6-16(7-5-15)10-29-22(34)17-11-30-31-21(17)23(25,26)27/h2-8,12,17,21,30-31H,9-11,13H2,1H3,(H,29,34). The predicted molar refractivity (Wildman–Crippen MR) is 116 cm³/mol. The summed E-state index contributed by atoms with van der Waals surface area (Å²) in [6.45, 7) is 2.20. The molecule has 3 N–H and O–H groups in total. The molecule has 0 saturated carbocycles. The molecule has 1 saturated heterocycles. The van der Waals surface area contributed by atoms with E-state index in [1.54, 1.807) is 4.68 Å². The fraction of sp³-hybridized carbons (Fsp3) is 0.348. The Labute approximate surface area is 193 Å². The van der Waals surface area contributed by atoms with Crippen LogP contribution in [0.15, 0.2) is 48.8 Å². The van der Waals surface area contributed by atoms with Crippen molar-refractivity contribution in [3.05, 3.63) is 82.7 Å². The predicted octanol–water partition coefficient (Wildman–Crippen LogP) is 2.64. The highest BCUT2D eigenvalue weighted by Gasteiger charge is 2.50. The zero-order chi connectivity index (χ0) is 24.3. The molecular weight excluding hydrogens is 452 g/mol. The lowest BCUT2D eigenvalue weighted by Gasteiger charge is -2.20. The minimum absolute atomic E-state index is 0.0894. The third-order valence-electron chi connectivity index (χ3n) is 5.73. The molecule has 1 aliphatic heterocycles. The largest absolute Gasteiger partial charge is 0.405 e. The minimum atomic E-state index is -4.51. The zero-order valence-electron chi connectivity index (χ0n) is 18.4. The fourth-order valence-corrected chi connectivity index (χ4v) is 3.84. The van der Waals surface area contributed by atoms with Crippen LogP contribution >= 0.6 is 0 Å². The number of carbonyl (C=O) groups is 1. The SMILES string of the molecule is Cc1cn(Cc2ncccc2F)nc1Cc1ccc(CNC(=O)C2CNNC2C(F)(F)F)cc1. The molecule has 0 bridgehead atoms. The number of carbonyl (C=O) groups excluding carboxylic acids is 1. The number of rotatable bonds is 7. The van der Waals surface area contributed by atoms with Gasteiger partial charge in [-0.25, -0.2) is 9.82 Å². The van der Waals surface area contributed by atoms with Crippen LogP contribution in [-0.2, 0) is 24.3 Å². The average molecular weight is 476 g/mol. The Morgan fingerprint density at radius 2 is 1.91 bits per heavy atom. The van der Waals surface area contributed by atoms with E-state index in [2.05, 4.69) is 26.3 Å². The normalized spacial score (nSPS) is 18.3. The van der Waals surface area contributed by atoms with Gasteiger partial charge in [0.2, 0.25) is 5.91 Å². The second kappa shape index (κ2) is 9.90. The molecular formula is C23H24F4N6O. The Morgan fingerprint density at radius 3 is 2.62 bits per heavy atom. The van der Waals surface area contributed by atoms with Crippen molar-refractivity contribution in [3.8, 4) is 0 Å². The summed E-state index contributed by atoms with van der Waals surface area (Å²) < 4.78 is 54.5. The Balaban J connectivity index is 1.33. The molecule has 1 aromatic carbocycles. The number of nitrogens with one attached hydrogen (secondary N) is 3. The Hall–Kier alpha value is -3.31. The summed E-state index contributed by atoms with van der Waals surface area (Å²) in [6.07, 6.45) is -0.572. The third kappa shape index (κ3) is 5.60. The van der Waals surface area contributed by atoms with Gasteiger partial charge >= 0.3 is 6.18 Å². The van der Waals surface area contributed by atoms with Crippen molar-refractivity contribution in [2.45, 2.75) is 38.7 Å². The zero-order valence-corrected chi connectivity index (χ0v) is 18.4. The first kappa shape index (κ1) is 23.8. The summed E-state index contributed by atoms with van der Waals surface area (Å²) in [4.78, 5) is 16.3. The van der Waals surface area contributed by atoms with Crippen LogP contribution in [0.4, 0.5) is 17.6 Å². The van der Waals surface area contributed by atoms with Gasteiger partial charge in [-0.2, -0.15) is 18.3 Å². The average Bonchev–Trinajstić information content (AvgIpc) is 3.42. The Kier molecular flexibility index (Phi) is 6.94. The van der Waals surface area contributed by atoms with Crippen molar-refractivity contribution in [1.82, 2.24) is 30.9 Å². The number of hydrogen-bond donors (Lipinski definition) is 3. The van der Waals surface area contributed by atoms with Gasteiger partial charge in [0, 0.05) is 31.9 Å². The van der Waals surface area contributed by atoms with Crippen molar-refractivity contribution < 1.29 is 22.4 Å². The Bertz CT molecular complexity index is 1150. The van der Waals surface area contributed by atoms with Crippen LogP contribution in [-0.4, -0.2) is 39.4 Å². The van der Waals surface area contributed by atoms with Gasteiger partial charge in [-0.15, -0.1) is 0 Å². The van der Waals surface area contributed by atoms with Crippen LogP contribution in [0, 0.1) is 18.7 Å². The third-order valence-corrected chi connectivity index (χ3v) is 5.73. The van der Waals surface area contributed by atoms with Gasteiger partial charge in [-0.05, 0) is 35.7 Å². The van der Waals surface area contributed by atoms with Crippen molar-refractivity contribution in [1.29, 1.82) is 0 Å². The first-order valence-electron chi connectivity index (χ1n) is 10.7. The lowest BCUT2D eigenvalue weighted by Crippen LogP contribution is -2.48. The number of pyridine rings is 1. The molecule has 0 spiro atoms. The lowest BCUT2D eigenvalue weighted by atomic mass is 10.0. The Morgan fingerprint density at radius 1 is 1.18 bits per heavy atom. The first-order chi connectivity index (χ1) is 16.2. The van der Waals surface area contributed by atoms with Gasteiger partial charge in [0.15, 0.2) is 0 Å². The minimum Gasteiger partial charge on any atom is -0.352 e. The monoisotopic (exact) mass is 476 g/mol. The number of benzene rings is 1. The molecule has 2 aromatic heterocycles. The van der Waals surface area contributed by atoms with Crippen LogP contribution in [0.1, 0.15) is 28.1 Å². The van der Waals surface area contributed by atoms with Crippen molar-refractivity contribution in [3.63, 3.8) is 0 Å². The number of nitrogens with zero attached hydrogens (tertiary/aromatic N) is 3. The molecule has 34 heavy (non-hydrogen) atoms. The van der Waals surface area contributed by atoms with E-state index in [4.69, 9.17) is 0 Å². The first-order valence-corrected chi connectivity index (χ1v) is 10.7. The van der Waals surface area contributed by atoms with Crippen molar-refractivity contribution in [2.75, 3.05) is 6.54 Å². The molecule has 11 heteroatoms. The molecule has 3 heterocycles. The maximum atomic E-state index is 13.9. The molecule has 2 atom stereocenters. The molecule has 1 aliphatic rings. The summed E-state index contributed by atoms with van der Waals surface area (Å²) in [7, 11) is 0. The van der Waals surface area contributed by atoms with Crippen molar-refractivity contribution in [2.24, 2.45) is 5.92 Å². The number of alkyl halides is 3. The number of hydrazine groups is 1. The van der Waals surface area contributed by atoms with Gasteiger partial charge in [-0.3, -0.25) is 19.9 Å². The smallest absolute Gasteiger partial charge is 0.352 e. The van der Waals surface area contributed by atoms with E-state index in [1.807, 2.05) is 37.4 Å². The number of amides is 1. The van der Waals surface area contributed by atoms with E-state index in [9.17, 15) is 22.4 Å². The van der Waals surface area contributed by atoms with Crippen LogP contribution in [0.25, 0.3) is 0 Å². The van der Waals surface area contributed by atoms with E-state index in [-0.39, 0.29) is 25.5 Å². The summed E-state index contributed by atoms with van der Waals surface area (Å²) in [5.74, 6) is -2.26. The quantitative estimate of drug-likeness (QED) is 0.457. The second-order valence-electron chi connectivity index (χ2n) is 8.25. The highest BCUT2D eigenvalue weighted by atomic mass is 19.4. The fourth-order valence-electron chi connectivity index (χ4n) is 3.84. The van der Waals surface area contributed by atoms with Crippen LogP contribution in [0.2, 0.25) is 0 Å². The number of hydrogen-bond acceptors (Lipinski definition) is 5. The molecule has 7 nitrogen and oxygen atoms in total. The van der Waals surface area contributed by atoms with Crippen LogP contribution in [0.3, 0.4) is 0 Å². The molecule has 4 rings (SSSR count). The summed E-state index contributed by atoms with van der Waals surface area (Å²) in [5, 5.41) is 7.12. The van der Waals surface area contributed by atoms with Gasteiger partial charge in [0.05, 0.1) is 23.9 Å². The summed E-state index contributed by atoms with van der Waals surface area (Å²) >= 11 is 0. The molecule has 2 unspecified atom stereocenters. The lowest BCUT2D eigenvalue weighted by molar-refractivity contribution is -0.166. The molecule has 3 aromatic rings. The van der Waals surface area contributed by atoms with Gasteiger partial charge in [-0.1, -0.05) is 24.3 Å². The van der Waals surface area contributed by atoms with Gasteiger partial charge in [0.25, 0.3) is 0 Å². The van der Waals surface area contributed by atoms with Gasteiger partial charge in [0.1, 0.15) is 11.9 Å². The highest BCUT2D eigenvalue weighted by Crippen LogP contribution is 2.27. The topological polar surface area (TPSA) is 83.9 Å². The molecule has 0 radical (unpaired) electrons. The van der Waals surface area contributed by atoms with E-state index >= 15 is 0 Å².